The fourth-order valence-electron chi connectivity index (χ4n) is 1.93. The van der Waals surface area contributed by atoms with Gasteiger partial charge in [-0.05, 0) is 54.6 Å². The molecule has 0 unspecified atom stereocenters. The quantitative estimate of drug-likeness (QED) is 0.822. The van der Waals surface area contributed by atoms with Gasteiger partial charge in [-0.2, -0.15) is 0 Å². The number of rotatable bonds is 2. The summed E-state index contributed by atoms with van der Waals surface area (Å²) in [4.78, 5) is 17.0. The summed E-state index contributed by atoms with van der Waals surface area (Å²) in [5.74, 6) is -0.127. The van der Waals surface area contributed by atoms with Gasteiger partial charge in [0.1, 0.15) is 0 Å². The Bertz CT molecular complexity index is 764. The van der Waals surface area contributed by atoms with Crippen molar-refractivity contribution in [2.24, 2.45) is 4.99 Å². The van der Waals surface area contributed by atoms with Crippen molar-refractivity contribution in [3.63, 3.8) is 0 Å². The number of carbonyl (C=O) groups excluding carboxylic acids is 1. The van der Waals surface area contributed by atoms with Crippen molar-refractivity contribution >= 4 is 46.2 Å². The zero-order chi connectivity index (χ0) is 15.5. The number of hydrogen-bond acceptors (Lipinski definition) is 3. The van der Waals surface area contributed by atoms with Crippen LogP contribution in [0.3, 0.4) is 0 Å². The Kier molecular flexibility index (Phi) is 4.32. The van der Waals surface area contributed by atoms with Crippen LogP contribution >= 0.6 is 23.4 Å². The van der Waals surface area contributed by atoms with Crippen LogP contribution in [0.2, 0.25) is 5.02 Å². The van der Waals surface area contributed by atoms with Crippen molar-refractivity contribution in [3.8, 4) is 0 Å². The van der Waals surface area contributed by atoms with Crippen LogP contribution < -0.4 is 5.32 Å². The van der Waals surface area contributed by atoms with Crippen molar-refractivity contribution in [1.82, 2.24) is 5.32 Å². The molecule has 0 spiro atoms. The summed E-state index contributed by atoms with van der Waals surface area (Å²) in [6.45, 7) is 2.03. The molecule has 0 bridgehead atoms. The third kappa shape index (κ3) is 3.59. The van der Waals surface area contributed by atoms with Gasteiger partial charge in [-0.1, -0.05) is 41.4 Å². The van der Waals surface area contributed by atoms with Gasteiger partial charge in [0, 0.05) is 5.02 Å². The van der Waals surface area contributed by atoms with E-state index in [9.17, 15) is 4.79 Å². The smallest absolute Gasteiger partial charge is 0.264 e. The highest BCUT2D eigenvalue weighted by molar-refractivity contribution is 8.18. The highest BCUT2D eigenvalue weighted by atomic mass is 35.5. The number of amidine groups is 1. The van der Waals surface area contributed by atoms with Gasteiger partial charge in [0.05, 0.1) is 10.6 Å². The first kappa shape index (κ1) is 14.9. The molecule has 1 aliphatic rings. The minimum Gasteiger partial charge on any atom is -0.300 e. The number of aryl methyl sites for hydroxylation is 1. The molecular formula is C17H13ClN2OS. The zero-order valence-corrected chi connectivity index (χ0v) is 13.4. The molecule has 2 aromatic carbocycles. The van der Waals surface area contributed by atoms with Gasteiger partial charge in [0.15, 0.2) is 5.17 Å². The van der Waals surface area contributed by atoms with Crippen molar-refractivity contribution in [3.05, 3.63) is 69.6 Å². The van der Waals surface area contributed by atoms with E-state index in [-0.39, 0.29) is 5.91 Å². The molecule has 0 aromatic heterocycles. The molecule has 1 N–H and O–H groups in total. The SMILES string of the molecule is Cc1ccc(C=C2SC(=Nc3ccc(Cl)cc3)NC2=O)cc1. The van der Waals surface area contributed by atoms with Gasteiger partial charge in [-0.3, -0.25) is 4.79 Å². The minimum atomic E-state index is -0.127. The molecule has 0 atom stereocenters. The molecule has 0 saturated carbocycles. The van der Waals surface area contributed by atoms with Crippen molar-refractivity contribution < 1.29 is 4.79 Å². The number of hydrogen-bond donors (Lipinski definition) is 1. The number of benzene rings is 2. The maximum Gasteiger partial charge on any atom is 0.264 e. The topological polar surface area (TPSA) is 41.5 Å². The van der Waals surface area contributed by atoms with E-state index in [1.54, 1.807) is 12.1 Å². The van der Waals surface area contributed by atoms with E-state index < -0.39 is 0 Å². The molecule has 3 nitrogen and oxygen atoms in total. The number of amides is 1. The number of nitrogens with zero attached hydrogens (tertiary/aromatic N) is 1. The van der Waals surface area contributed by atoms with E-state index in [0.29, 0.717) is 15.1 Å². The van der Waals surface area contributed by atoms with Crippen LogP contribution in [-0.2, 0) is 4.79 Å². The normalized spacial score (nSPS) is 18.0. The standard InChI is InChI=1S/C17H13ClN2OS/c1-11-2-4-12(5-3-11)10-15-16(21)20-17(22-15)19-14-8-6-13(18)7-9-14/h2-10H,1H3,(H,19,20,21). The van der Waals surface area contributed by atoms with E-state index in [4.69, 9.17) is 11.6 Å². The van der Waals surface area contributed by atoms with Gasteiger partial charge in [-0.25, -0.2) is 4.99 Å². The summed E-state index contributed by atoms with van der Waals surface area (Å²) >= 11 is 7.18. The van der Waals surface area contributed by atoms with Gasteiger partial charge < -0.3 is 5.32 Å². The third-order valence-electron chi connectivity index (χ3n) is 3.08. The first-order valence-corrected chi connectivity index (χ1v) is 7.91. The predicted molar refractivity (Wildman–Crippen MR) is 93.4 cm³/mol. The lowest BCUT2D eigenvalue weighted by Gasteiger charge is -1.96. The molecular weight excluding hydrogens is 316 g/mol. The Balaban J connectivity index is 1.80. The Morgan fingerprint density at radius 2 is 1.77 bits per heavy atom. The summed E-state index contributed by atoms with van der Waals surface area (Å²) in [5.41, 5.74) is 2.94. The van der Waals surface area contributed by atoms with E-state index in [1.165, 1.54) is 17.3 Å². The highest BCUT2D eigenvalue weighted by Gasteiger charge is 2.23. The summed E-state index contributed by atoms with van der Waals surface area (Å²) in [6, 6.07) is 15.2. The van der Waals surface area contributed by atoms with Crippen LogP contribution in [0.25, 0.3) is 6.08 Å². The number of thioether (sulfide) groups is 1. The highest BCUT2D eigenvalue weighted by Crippen LogP contribution is 2.28. The molecule has 0 aliphatic carbocycles. The van der Waals surface area contributed by atoms with Crippen molar-refractivity contribution in [2.45, 2.75) is 6.92 Å². The Hall–Kier alpha value is -2.04. The molecule has 110 valence electrons. The lowest BCUT2D eigenvalue weighted by Crippen LogP contribution is -2.19. The molecule has 1 heterocycles. The van der Waals surface area contributed by atoms with Crippen LogP contribution in [0.5, 0.6) is 0 Å². The second-order valence-corrected chi connectivity index (χ2v) is 6.34. The van der Waals surface area contributed by atoms with Gasteiger partial charge in [-0.15, -0.1) is 0 Å². The second-order valence-electron chi connectivity index (χ2n) is 4.87. The lowest BCUT2D eigenvalue weighted by molar-refractivity contribution is -0.115. The lowest BCUT2D eigenvalue weighted by atomic mass is 10.1. The molecule has 3 rings (SSSR count). The largest absolute Gasteiger partial charge is 0.300 e. The average molecular weight is 329 g/mol. The third-order valence-corrected chi connectivity index (χ3v) is 4.25. The minimum absolute atomic E-state index is 0.127. The van der Waals surface area contributed by atoms with E-state index >= 15 is 0 Å². The van der Waals surface area contributed by atoms with Crippen LogP contribution in [0.4, 0.5) is 5.69 Å². The summed E-state index contributed by atoms with van der Waals surface area (Å²) in [6.07, 6.45) is 1.86. The maximum atomic E-state index is 12.0. The van der Waals surface area contributed by atoms with Crippen LogP contribution in [0.1, 0.15) is 11.1 Å². The molecule has 1 saturated heterocycles. The molecule has 5 heteroatoms. The molecule has 2 aromatic rings. The number of aliphatic imine (C=N–C) groups is 1. The van der Waals surface area contributed by atoms with Gasteiger partial charge >= 0.3 is 0 Å². The maximum absolute atomic E-state index is 12.0. The Morgan fingerprint density at radius 3 is 2.45 bits per heavy atom. The zero-order valence-electron chi connectivity index (χ0n) is 11.8. The second kappa shape index (κ2) is 6.38. The van der Waals surface area contributed by atoms with E-state index in [2.05, 4.69) is 10.3 Å². The number of halogens is 1. The van der Waals surface area contributed by atoms with Crippen LogP contribution in [0.15, 0.2) is 58.4 Å². The fraction of sp³-hybridized carbons (Fsp3) is 0.0588. The fourth-order valence-corrected chi connectivity index (χ4v) is 2.90. The van der Waals surface area contributed by atoms with E-state index in [1.807, 2.05) is 49.4 Å². The van der Waals surface area contributed by atoms with Crippen LogP contribution in [0, 0.1) is 6.92 Å². The Labute approximate surface area is 138 Å². The van der Waals surface area contributed by atoms with Gasteiger partial charge in [0.2, 0.25) is 0 Å². The molecule has 1 amide bonds. The molecule has 1 fully saturated rings. The van der Waals surface area contributed by atoms with Crippen LogP contribution in [-0.4, -0.2) is 11.1 Å². The first-order chi connectivity index (χ1) is 10.6. The predicted octanol–water partition coefficient (Wildman–Crippen LogP) is 4.54. The molecule has 22 heavy (non-hydrogen) atoms. The molecule has 0 radical (unpaired) electrons. The van der Waals surface area contributed by atoms with E-state index in [0.717, 1.165) is 11.3 Å². The van der Waals surface area contributed by atoms with Crippen molar-refractivity contribution in [1.29, 1.82) is 0 Å². The first-order valence-electron chi connectivity index (χ1n) is 6.72. The summed E-state index contributed by atoms with van der Waals surface area (Å²) in [7, 11) is 0. The van der Waals surface area contributed by atoms with Crippen molar-refractivity contribution in [2.75, 3.05) is 0 Å². The average Bonchev–Trinajstić information content (AvgIpc) is 2.84. The summed E-state index contributed by atoms with van der Waals surface area (Å²) in [5, 5.41) is 4.01. The monoisotopic (exact) mass is 328 g/mol. The Morgan fingerprint density at radius 1 is 1.09 bits per heavy atom. The number of carbonyl (C=O) groups is 1. The van der Waals surface area contributed by atoms with Gasteiger partial charge in [0.25, 0.3) is 5.91 Å². The number of nitrogens with one attached hydrogen (secondary N) is 1. The molecule has 1 aliphatic heterocycles. The summed E-state index contributed by atoms with van der Waals surface area (Å²) < 4.78 is 0.